The second kappa shape index (κ2) is 11.9. The van der Waals surface area contributed by atoms with Crippen LogP contribution in [0.4, 0.5) is 4.39 Å². The Kier molecular flexibility index (Phi) is 7.91. The number of allylic oxidation sites excluding steroid dienone is 1. The van der Waals surface area contributed by atoms with Gasteiger partial charge in [-0.05, 0) is 58.2 Å². The number of carbonyl (C=O) groups is 1. The summed E-state index contributed by atoms with van der Waals surface area (Å²) in [6.07, 6.45) is 2.43. The van der Waals surface area contributed by atoms with Crippen molar-refractivity contribution in [2.24, 2.45) is 4.99 Å². The van der Waals surface area contributed by atoms with E-state index in [1.54, 1.807) is 28.5 Å². The van der Waals surface area contributed by atoms with Crippen LogP contribution in [-0.4, -0.2) is 17.6 Å². The van der Waals surface area contributed by atoms with Gasteiger partial charge in [-0.3, -0.25) is 9.36 Å². The summed E-state index contributed by atoms with van der Waals surface area (Å²) in [6.45, 7) is 1.94. The summed E-state index contributed by atoms with van der Waals surface area (Å²) >= 11 is 2.97. The van der Waals surface area contributed by atoms with Gasteiger partial charge in [0, 0.05) is 10.6 Å². The molecule has 0 radical (unpaired) electrons. The van der Waals surface area contributed by atoms with Crippen LogP contribution in [0.3, 0.4) is 0 Å². The molecule has 5 aromatic rings. The van der Waals surface area contributed by atoms with Gasteiger partial charge in [0.2, 0.25) is 0 Å². The lowest BCUT2D eigenvalue weighted by Gasteiger charge is -2.25. The summed E-state index contributed by atoms with van der Waals surface area (Å²) < 4.78 is 21.0. The van der Waals surface area contributed by atoms with Gasteiger partial charge >= 0.3 is 5.97 Å². The zero-order chi connectivity index (χ0) is 29.2. The fourth-order valence-corrected chi connectivity index (χ4v) is 7.30. The number of hydrogen-bond acceptors (Lipinski definition) is 6. The monoisotopic (exact) mass is 594 g/mol. The summed E-state index contributed by atoms with van der Waals surface area (Å²) in [5, 5.41) is 2.07. The fraction of sp³-hybridized carbons (Fsp3) is 0.147. The molecule has 0 spiro atoms. The fourth-order valence-electron chi connectivity index (χ4n) is 5.29. The number of thiazole rings is 1. The molecule has 1 aliphatic rings. The Labute approximate surface area is 250 Å². The third-order valence-corrected chi connectivity index (χ3v) is 9.38. The molecule has 0 aliphatic carbocycles. The number of thioether (sulfide) groups is 1. The standard InChI is InChI=1S/C34H27FN2O3S2/c1-3-27-30(33(39)40-2)31(22-11-5-4-6-12-22)37-32(38)29(42-34(37)36-27)19-23-16-17-28(26-15-8-7-14-25(23)26)41-20-21-10-9-13-24(35)18-21/h4-19,31H,3,20H2,1-2H3/b29-19-/t31-/m0/s1. The van der Waals surface area contributed by atoms with Crippen molar-refractivity contribution in [1.29, 1.82) is 0 Å². The summed E-state index contributed by atoms with van der Waals surface area (Å²) in [4.78, 5) is 33.4. The van der Waals surface area contributed by atoms with Gasteiger partial charge in [0.25, 0.3) is 5.56 Å². The van der Waals surface area contributed by atoms with Gasteiger partial charge in [-0.2, -0.15) is 0 Å². The number of halogens is 1. The number of carbonyl (C=O) groups excluding carboxylic acids is 1. The van der Waals surface area contributed by atoms with Crippen molar-refractivity contribution >= 4 is 45.9 Å². The lowest BCUT2D eigenvalue weighted by molar-refractivity contribution is -0.136. The van der Waals surface area contributed by atoms with E-state index in [9.17, 15) is 14.0 Å². The van der Waals surface area contributed by atoms with Crippen LogP contribution in [0.5, 0.6) is 0 Å². The topological polar surface area (TPSA) is 60.7 Å². The van der Waals surface area contributed by atoms with Crippen molar-refractivity contribution in [1.82, 2.24) is 4.57 Å². The van der Waals surface area contributed by atoms with E-state index in [1.807, 2.05) is 79.7 Å². The molecule has 0 unspecified atom stereocenters. The van der Waals surface area contributed by atoms with E-state index in [2.05, 4.69) is 6.07 Å². The molecule has 1 atom stereocenters. The lowest BCUT2D eigenvalue weighted by Crippen LogP contribution is -2.40. The Balaban J connectivity index is 1.47. The zero-order valence-corrected chi connectivity index (χ0v) is 24.7. The molecule has 0 fully saturated rings. The molecule has 0 saturated carbocycles. The van der Waals surface area contributed by atoms with Crippen molar-refractivity contribution in [2.75, 3.05) is 7.11 Å². The van der Waals surface area contributed by atoms with E-state index in [0.29, 0.717) is 32.8 Å². The molecule has 2 heterocycles. The molecular formula is C34H27FN2O3S2. The highest BCUT2D eigenvalue weighted by atomic mass is 32.2. The Bertz CT molecular complexity index is 2030. The smallest absolute Gasteiger partial charge is 0.338 e. The first-order valence-corrected chi connectivity index (χ1v) is 15.4. The SMILES string of the molecule is CCC1=C(C(=O)OC)[C@H](c2ccccc2)n2c(s/c(=C\c3ccc(SCc4cccc(F)c4)c4ccccc34)c2=O)=N1. The first-order valence-electron chi connectivity index (χ1n) is 13.6. The predicted octanol–water partition coefficient (Wildman–Crippen LogP) is 6.38. The third kappa shape index (κ3) is 5.24. The number of hydrogen-bond donors (Lipinski definition) is 0. The molecule has 8 heteroatoms. The van der Waals surface area contributed by atoms with Crippen LogP contribution >= 0.6 is 23.1 Å². The van der Waals surface area contributed by atoms with Crippen LogP contribution in [0.25, 0.3) is 16.8 Å². The highest BCUT2D eigenvalue weighted by Gasteiger charge is 2.33. The third-order valence-electron chi connectivity index (χ3n) is 7.25. The van der Waals surface area contributed by atoms with E-state index in [-0.39, 0.29) is 11.4 Å². The van der Waals surface area contributed by atoms with Crippen molar-refractivity contribution in [3.05, 3.63) is 144 Å². The van der Waals surface area contributed by atoms with E-state index in [1.165, 1.54) is 24.5 Å². The van der Waals surface area contributed by atoms with Gasteiger partial charge in [-0.1, -0.05) is 91.1 Å². The van der Waals surface area contributed by atoms with Gasteiger partial charge < -0.3 is 4.74 Å². The van der Waals surface area contributed by atoms with Crippen molar-refractivity contribution < 1.29 is 13.9 Å². The molecule has 4 aromatic carbocycles. The Hall–Kier alpha value is -4.27. The summed E-state index contributed by atoms with van der Waals surface area (Å²) in [7, 11) is 1.35. The van der Waals surface area contributed by atoms with Crippen LogP contribution in [0.15, 0.2) is 117 Å². The number of aromatic nitrogens is 1. The largest absolute Gasteiger partial charge is 0.466 e. The van der Waals surface area contributed by atoms with Crippen molar-refractivity contribution in [2.45, 2.75) is 30.0 Å². The number of nitrogens with zero attached hydrogens (tertiary/aromatic N) is 2. The van der Waals surface area contributed by atoms with Crippen LogP contribution in [0.1, 0.15) is 36.1 Å². The minimum absolute atomic E-state index is 0.210. The number of methoxy groups -OCH3 is 1. The molecule has 5 nitrogen and oxygen atoms in total. The molecule has 1 aromatic heterocycles. The minimum Gasteiger partial charge on any atom is -0.466 e. The molecule has 1 aliphatic heterocycles. The Morgan fingerprint density at radius 1 is 1.02 bits per heavy atom. The zero-order valence-electron chi connectivity index (χ0n) is 23.0. The molecule has 0 bridgehead atoms. The first-order chi connectivity index (χ1) is 20.5. The maximum absolute atomic E-state index is 14.0. The summed E-state index contributed by atoms with van der Waals surface area (Å²) in [5.41, 5.74) is 3.43. The van der Waals surface area contributed by atoms with Crippen molar-refractivity contribution in [3.8, 4) is 0 Å². The number of benzene rings is 4. The Morgan fingerprint density at radius 2 is 1.79 bits per heavy atom. The molecule has 210 valence electrons. The van der Waals surface area contributed by atoms with Crippen LogP contribution < -0.4 is 14.9 Å². The second-order valence-corrected chi connectivity index (χ2v) is 11.8. The second-order valence-electron chi connectivity index (χ2n) is 9.82. The molecule has 6 rings (SSSR count). The molecule has 42 heavy (non-hydrogen) atoms. The van der Waals surface area contributed by atoms with Gasteiger partial charge in [0.05, 0.1) is 29.0 Å². The highest BCUT2D eigenvalue weighted by molar-refractivity contribution is 7.98. The van der Waals surface area contributed by atoms with Gasteiger partial charge in [-0.15, -0.1) is 11.8 Å². The number of ether oxygens (including phenoxy) is 1. The van der Waals surface area contributed by atoms with E-state index >= 15 is 0 Å². The molecule has 0 N–H and O–H groups in total. The number of fused-ring (bicyclic) bond motifs is 2. The van der Waals surface area contributed by atoms with Crippen molar-refractivity contribution in [3.63, 3.8) is 0 Å². The van der Waals surface area contributed by atoms with E-state index < -0.39 is 12.0 Å². The number of rotatable bonds is 7. The van der Waals surface area contributed by atoms with Crippen LogP contribution in [0, 0.1) is 5.82 Å². The highest BCUT2D eigenvalue weighted by Crippen LogP contribution is 2.34. The number of esters is 1. The maximum atomic E-state index is 14.0. The molecule has 0 saturated heterocycles. The van der Waals surface area contributed by atoms with E-state index in [4.69, 9.17) is 9.73 Å². The van der Waals surface area contributed by atoms with Crippen LogP contribution in [0.2, 0.25) is 0 Å². The quantitative estimate of drug-likeness (QED) is 0.162. The molecule has 0 amide bonds. The average molecular weight is 595 g/mol. The Morgan fingerprint density at radius 3 is 2.52 bits per heavy atom. The molecular weight excluding hydrogens is 568 g/mol. The van der Waals surface area contributed by atoms with Gasteiger partial charge in [-0.25, -0.2) is 14.2 Å². The average Bonchev–Trinajstić information content (AvgIpc) is 3.33. The normalized spacial score (nSPS) is 15.0. The minimum atomic E-state index is -0.634. The van der Waals surface area contributed by atoms with E-state index in [0.717, 1.165) is 32.4 Å². The van der Waals surface area contributed by atoms with Gasteiger partial charge in [0.1, 0.15) is 5.82 Å². The predicted molar refractivity (Wildman–Crippen MR) is 167 cm³/mol. The van der Waals surface area contributed by atoms with Gasteiger partial charge in [0.15, 0.2) is 4.80 Å². The summed E-state index contributed by atoms with van der Waals surface area (Å²) in [5.74, 6) is -0.0910. The summed E-state index contributed by atoms with van der Waals surface area (Å²) in [6, 6.07) is 27.7. The maximum Gasteiger partial charge on any atom is 0.338 e. The lowest BCUT2D eigenvalue weighted by atomic mass is 9.95. The van der Waals surface area contributed by atoms with Crippen LogP contribution in [-0.2, 0) is 15.3 Å². The first kappa shape index (κ1) is 27.9.